The summed E-state index contributed by atoms with van der Waals surface area (Å²) in [6, 6.07) is 12.7. The third-order valence-corrected chi connectivity index (χ3v) is 6.29. The van der Waals surface area contributed by atoms with Gasteiger partial charge in [0.2, 0.25) is 5.91 Å². The third-order valence-electron chi connectivity index (χ3n) is 4.90. The number of methoxy groups -OCH3 is 1. The molecule has 2 aromatic carbocycles. The quantitative estimate of drug-likeness (QED) is 0.651. The van der Waals surface area contributed by atoms with E-state index in [0.717, 1.165) is 5.39 Å². The van der Waals surface area contributed by atoms with Crippen LogP contribution in [0.1, 0.15) is 31.2 Å². The summed E-state index contributed by atoms with van der Waals surface area (Å²) in [5, 5.41) is 3.73. The zero-order chi connectivity index (χ0) is 21.5. The molecule has 3 aromatic rings. The van der Waals surface area contributed by atoms with Crippen LogP contribution in [-0.2, 0) is 14.8 Å². The van der Waals surface area contributed by atoms with E-state index in [1.165, 1.54) is 6.07 Å². The monoisotopic (exact) mass is 427 g/mol. The highest BCUT2D eigenvalue weighted by atomic mass is 32.2. The van der Waals surface area contributed by atoms with Crippen LogP contribution in [0, 0.1) is 0 Å². The first kappa shape index (κ1) is 20.0. The number of sulfonamides is 1. The van der Waals surface area contributed by atoms with Crippen molar-refractivity contribution in [3.63, 3.8) is 0 Å². The number of furan rings is 1. The van der Waals surface area contributed by atoms with Crippen molar-refractivity contribution in [2.75, 3.05) is 7.11 Å². The van der Waals surface area contributed by atoms with Gasteiger partial charge in [-0.3, -0.25) is 14.5 Å². The summed E-state index contributed by atoms with van der Waals surface area (Å²) in [5.74, 6) is 0.999. The molecule has 0 bridgehead atoms. The molecule has 1 aliphatic rings. The highest BCUT2D eigenvalue weighted by Crippen LogP contribution is 2.31. The van der Waals surface area contributed by atoms with Crippen LogP contribution in [0.3, 0.4) is 0 Å². The van der Waals surface area contributed by atoms with Gasteiger partial charge in [-0.25, -0.2) is 8.42 Å². The standard InChI is InChI=1S/C21H21N3O5S/c1-12(17-11-14-7-6-9-16(28-3)19(14)29-17)23-21(25)13(2)22-20-15-8-4-5-10-18(15)30(26,27)24-20/h4-13H,1-3H3,(H,22,24)(H,23,25)/t12?,13-/m0/s1. The number of ether oxygens (including phenoxy) is 1. The van der Waals surface area contributed by atoms with Crippen molar-refractivity contribution in [2.45, 2.75) is 30.8 Å². The molecule has 2 heterocycles. The van der Waals surface area contributed by atoms with Crippen molar-refractivity contribution >= 4 is 32.7 Å². The summed E-state index contributed by atoms with van der Waals surface area (Å²) in [4.78, 5) is 17.1. The number of hydrogen-bond donors (Lipinski definition) is 2. The maximum Gasteiger partial charge on any atom is 0.263 e. The molecule has 0 saturated heterocycles. The van der Waals surface area contributed by atoms with E-state index >= 15 is 0 Å². The van der Waals surface area contributed by atoms with Gasteiger partial charge < -0.3 is 14.5 Å². The van der Waals surface area contributed by atoms with Crippen molar-refractivity contribution in [2.24, 2.45) is 4.99 Å². The zero-order valence-electron chi connectivity index (χ0n) is 16.7. The second-order valence-electron chi connectivity index (χ2n) is 7.01. The number of fused-ring (bicyclic) bond motifs is 2. The van der Waals surface area contributed by atoms with E-state index < -0.39 is 22.1 Å². The summed E-state index contributed by atoms with van der Waals surface area (Å²) >= 11 is 0. The molecule has 0 radical (unpaired) electrons. The fourth-order valence-corrected chi connectivity index (χ4v) is 4.56. The molecule has 1 aromatic heterocycles. The summed E-state index contributed by atoms with van der Waals surface area (Å²) in [6.45, 7) is 3.40. The Labute approximate surface area is 174 Å². The van der Waals surface area contributed by atoms with Gasteiger partial charge in [0.05, 0.1) is 18.0 Å². The van der Waals surface area contributed by atoms with Gasteiger partial charge in [-0.15, -0.1) is 0 Å². The number of benzene rings is 2. The summed E-state index contributed by atoms with van der Waals surface area (Å²) < 4.78 is 38.0. The zero-order valence-corrected chi connectivity index (χ0v) is 17.5. The maximum absolute atomic E-state index is 12.7. The van der Waals surface area contributed by atoms with Crippen molar-refractivity contribution < 1.29 is 22.4 Å². The normalized spacial score (nSPS) is 17.9. The molecule has 0 aliphatic carbocycles. The Kier molecular flexibility index (Phi) is 4.98. The van der Waals surface area contributed by atoms with Crippen LogP contribution in [0.15, 0.2) is 62.8 Å². The van der Waals surface area contributed by atoms with Gasteiger partial charge in [0.25, 0.3) is 10.0 Å². The molecule has 30 heavy (non-hydrogen) atoms. The molecular formula is C21H21N3O5S. The number of nitrogens with one attached hydrogen (secondary N) is 2. The summed E-state index contributed by atoms with van der Waals surface area (Å²) in [7, 11) is -2.09. The molecule has 4 rings (SSSR count). The first-order valence-electron chi connectivity index (χ1n) is 9.37. The van der Waals surface area contributed by atoms with Gasteiger partial charge in [-0.05, 0) is 38.1 Å². The molecule has 8 nitrogen and oxygen atoms in total. The lowest BCUT2D eigenvalue weighted by molar-refractivity contribution is -0.122. The minimum Gasteiger partial charge on any atom is -0.493 e. The maximum atomic E-state index is 12.7. The van der Waals surface area contributed by atoms with Gasteiger partial charge in [0.1, 0.15) is 17.6 Å². The first-order chi connectivity index (χ1) is 14.3. The Morgan fingerprint density at radius 1 is 1.17 bits per heavy atom. The number of rotatable bonds is 5. The molecule has 0 spiro atoms. The molecule has 156 valence electrons. The van der Waals surface area contributed by atoms with Crippen LogP contribution in [-0.4, -0.2) is 33.3 Å². The average Bonchev–Trinajstić information content (AvgIpc) is 3.27. The Morgan fingerprint density at radius 2 is 1.93 bits per heavy atom. The lowest BCUT2D eigenvalue weighted by atomic mass is 10.2. The number of carbonyl (C=O) groups excluding carboxylic acids is 1. The van der Waals surface area contributed by atoms with Gasteiger partial charge in [-0.2, -0.15) is 0 Å². The molecule has 0 saturated carbocycles. The largest absolute Gasteiger partial charge is 0.493 e. The van der Waals surface area contributed by atoms with E-state index in [1.807, 2.05) is 18.2 Å². The highest BCUT2D eigenvalue weighted by Gasteiger charge is 2.31. The smallest absolute Gasteiger partial charge is 0.263 e. The van der Waals surface area contributed by atoms with Gasteiger partial charge in [0.15, 0.2) is 11.3 Å². The molecule has 1 aliphatic heterocycles. The molecule has 0 fully saturated rings. The Hall–Kier alpha value is -3.33. The Balaban J connectivity index is 1.52. The molecule has 2 atom stereocenters. The van der Waals surface area contributed by atoms with Crippen molar-refractivity contribution in [3.05, 3.63) is 59.9 Å². The van der Waals surface area contributed by atoms with Gasteiger partial charge in [0, 0.05) is 10.9 Å². The SMILES string of the molecule is COc1cccc2cc(C(C)NC(=O)[C@H](C)N=C3NS(=O)(=O)c4ccccc43)oc12. The van der Waals surface area contributed by atoms with Crippen molar-refractivity contribution in [1.29, 1.82) is 0 Å². The number of amides is 1. The van der Waals surface area contributed by atoms with Crippen molar-refractivity contribution in [3.8, 4) is 5.75 Å². The molecule has 9 heteroatoms. The van der Waals surface area contributed by atoms with E-state index in [1.54, 1.807) is 45.2 Å². The molecule has 1 unspecified atom stereocenters. The Bertz CT molecular complexity index is 1260. The van der Waals surface area contributed by atoms with E-state index in [-0.39, 0.29) is 16.6 Å². The number of para-hydroxylation sites is 1. The number of hydrogen-bond acceptors (Lipinski definition) is 6. The van der Waals surface area contributed by atoms with Crippen LogP contribution in [0.4, 0.5) is 0 Å². The van der Waals surface area contributed by atoms with Crippen LogP contribution in [0.2, 0.25) is 0 Å². The predicted molar refractivity (Wildman–Crippen MR) is 112 cm³/mol. The van der Waals surface area contributed by atoms with Gasteiger partial charge in [-0.1, -0.05) is 24.3 Å². The molecule has 1 amide bonds. The van der Waals surface area contributed by atoms with Gasteiger partial charge >= 0.3 is 0 Å². The van der Waals surface area contributed by atoms with E-state index in [4.69, 9.17) is 9.15 Å². The minimum atomic E-state index is -3.65. The van der Waals surface area contributed by atoms with Crippen LogP contribution < -0.4 is 14.8 Å². The highest BCUT2D eigenvalue weighted by molar-refractivity contribution is 7.90. The average molecular weight is 427 g/mol. The molecular weight excluding hydrogens is 406 g/mol. The van der Waals surface area contributed by atoms with E-state index in [0.29, 0.717) is 22.7 Å². The second-order valence-corrected chi connectivity index (χ2v) is 8.66. The number of amidine groups is 1. The van der Waals surface area contributed by atoms with E-state index in [9.17, 15) is 13.2 Å². The number of nitrogens with zero attached hydrogens (tertiary/aromatic N) is 1. The van der Waals surface area contributed by atoms with Crippen molar-refractivity contribution in [1.82, 2.24) is 10.0 Å². The fraction of sp³-hybridized carbons (Fsp3) is 0.238. The summed E-state index contributed by atoms with van der Waals surface area (Å²) in [6.07, 6.45) is 0. The second kappa shape index (κ2) is 7.49. The Morgan fingerprint density at radius 3 is 2.70 bits per heavy atom. The third kappa shape index (κ3) is 3.52. The number of aliphatic imine (C=N–C) groups is 1. The lowest BCUT2D eigenvalue weighted by Crippen LogP contribution is -2.35. The fourth-order valence-electron chi connectivity index (χ4n) is 3.32. The molecule has 2 N–H and O–H groups in total. The minimum absolute atomic E-state index is 0.154. The van der Waals surface area contributed by atoms with Crippen LogP contribution in [0.5, 0.6) is 5.75 Å². The first-order valence-corrected chi connectivity index (χ1v) is 10.9. The summed E-state index contributed by atoms with van der Waals surface area (Å²) in [5.41, 5.74) is 1.07. The predicted octanol–water partition coefficient (Wildman–Crippen LogP) is 2.75. The topological polar surface area (TPSA) is 110 Å². The van der Waals surface area contributed by atoms with E-state index in [2.05, 4.69) is 15.0 Å². The van der Waals surface area contributed by atoms with Crippen LogP contribution >= 0.6 is 0 Å². The number of carbonyl (C=O) groups is 1. The van der Waals surface area contributed by atoms with Crippen LogP contribution in [0.25, 0.3) is 11.0 Å². The lowest BCUT2D eigenvalue weighted by Gasteiger charge is -2.14.